The van der Waals surface area contributed by atoms with Gasteiger partial charge in [0.15, 0.2) is 5.78 Å². The van der Waals surface area contributed by atoms with E-state index in [1.54, 1.807) is 0 Å². The first-order valence-electron chi connectivity index (χ1n) is 5.78. The smallest absolute Gasteiger partial charge is 0.234 e. The Hall–Kier alpha value is -1.68. The molecule has 1 unspecified atom stereocenters. The molecule has 1 saturated heterocycles. The van der Waals surface area contributed by atoms with Gasteiger partial charge in [0, 0.05) is 18.7 Å². The molecule has 0 spiro atoms. The fourth-order valence-corrected chi connectivity index (χ4v) is 2.00. The minimum atomic E-state index is -0.247. The van der Waals surface area contributed by atoms with Crippen molar-refractivity contribution in [1.82, 2.24) is 10.2 Å². The number of carbonyl (C=O) groups is 2. The van der Waals surface area contributed by atoms with Crippen LogP contribution in [0.2, 0.25) is 0 Å². The molecule has 0 saturated carbocycles. The number of nitrogens with one attached hydrogen (secondary N) is 1. The summed E-state index contributed by atoms with van der Waals surface area (Å²) >= 11 is 0. The summed E-state index contributed by atoms with van der Waals surface area (Å²) in [5.74, 6) is 0.0595. The van der Waals surface area contributed by atoms with E-state index in [1.165, 1.54) is 0 Å². The molecular weight excluding hydrogens is 216 g/mol. The van der Waals surface area contributed by atoms with Crippen LogP contribution < -0.4 is 5.32 Å². The van der Waals surface area contributed by atoms with E-state index in [0.717, 1.165) is 6.54 Å². The summed E-state index contributed by atoms with van der Waals surface area (Å²) in [4.78, 5) is 25.4. The molecule has 1 amide bonds. The Morgan fingerprint density at radius 3 is 2.71 bits per heavy atom. The molecule has 1 aliphatic rings. The molecule has 4 nitrogen and oxygen atoms in total. The maximum atomic E-state index is 12.2. The molecule has 1 aliphatic heterocycles. The lowest BCUT2D eigenvalue weighted by Crippen LogP contribution is -2.52. The lowest BCUT2D eigenvalue weighted by Gasteiger charge is -2.31. The van der Waals surface area contributed by atoms with E-state index in [9.17, 15) is 9.59 Å². The van der Waals surface area contributed by atoms with Gasteiger partial charge in [-0.3, -0.25) is 14.5 Å². The molecule has 17 heavy (non-hydrogen) atoms. The van der Waals surface area contributed by atoms with Gasteiger partial charge in [0.2, 0.25) is 5.91 Å². The van der Waals surface area contributed by atoms with Crippen LogP contribution in [0, 0.1) is 0 Å². The van der Waals surface area contributed by atoms with Gasteiger partial charge in [-0.15, -0.1) is 0 Å². The van der Waals surface area contributed by atoms with Gasteiger partial charge in [-0.2, -0.15) is 0 Å². The van der Waals surface area contributed by atoms with E-state index in [0.29, 0.717) is 18.7 Å². The molecule has 1 fully saturated rings. The largest absolute Gasteiger partial charge is 0.354 e. The summed E-state index contributed by atoms with van der Waals surface area (Å²) in [5.41, 5.74) is 0.700. The fourth-order valence-electron chi connectivity index (χ4n) is 2.00. The van der Waals surface area contributed by atoms with E-state index in [4.69, 9.17) is 0 Å². The predicted octanol–water partition coefficient (Wildman–Crippen LogP) is 0.690. The van der Waals surface area contributed by atoms with Crippen LogP contribution in [0.15, 0.2) is 30.3 Å². The third-order valence-electron chi connectivity index (χ3n) is 3.05. The standard InChI is InChI=1S/C13H16N2O2/c1-10(15-8-7-14-12(16)9-15)13(17)11-5-3-2-4-6-11/h2-6,10H,7-9H2,1H3,(H,14,16). The van der Waals surface area contributed by atoms with E-state index < -0.39 is 0 Å². The van der Waals surface area contributed by atoms with Gasteiger partial charge in [-0.25, -0.2) is 0 Å². The number of hydrogen-bond donors (Lipinski definition) is 1. The Labute approximate surface area is 101 Å². The first kappa shape index (κ1) is 11.8. The number of carbonyl (C=O) groups excluding carboxylic acids is 2. The number of ketones is 1. The van der Waals surface area contributed by atoms with Gasteiger partial charge in [-0.05, 0) is 6.92 Å². The van der Waals surface area contributed by atoms with Crippen LogP contribution in [0.5, 0.6) is 0 Å². The minimum absolute atomic E-state index is 0.0102. The number of nitrogens with zero attached hydrogens (tertiary/aromatic N) is 1. The molecule has 0 bridgehead atoms. The summed E-state index contributed by atoms with van der Waals surface area (Å²) in [6, 6.07) is 8.95. The van der Waals surface area contributed by atoms with E-state index >= 15 is 0 Å². The van der Waals surface area contributed by atoms with Gasteiger partial charge in [0.25, 0.3) is 0 Å². The Bertz CT molecular complexity index is 417. The zero-order valence-electron chi connectivity index (χ0n) is 9.85. The van der Waals surface area contributed by atoms with Crippen molar-refractivity contribution >= 4 is 11.7 Å². The van der Waals surface area contributed by atoms with Gasteiger partial charge in [0.1, 0.15) is 0 Å². The van der Waals surface area contributed by atoms with Crippen molar-refractivity contribution in [2.75, 3.05) is 19.6 Å². The molecular formula is C13H16N2O2. The third kappa shape index (κ3) is 2.71. The van der Waals surface area contributed by atoms with Crippen LogP contribution in [0.25, 0.3) is 0 Å². The van der Waals surface area contributed by atoms with Crippen molar-refractivity contribution in [2.45, 2.75) is 13.0 Å². The number of rotatable bonds is 3. The quantitative estimate of drug-likeness (QED) is 0.780. The van der Waals surface area contributed by atoms with Crippen LogP contribution in [0.1, 0.15) is 17.3 Å². The van der Waals surface area contributed by atoms with Crippen LogP contribution in [-0.2, 0) is 4.79 Å². The monoisotopic (exact) mass is 232 g/mol. The highest BCUT2D eigenvalue weighted by molar-refractivity contribution is 6.00. The van der Waals surface area contributed by atoms with E-state index in [-0.39, 0.29) is 17.7 Å². The van der Waals surface area contributed by atoms with Crippen molar-refractivity contribution in [3.05, 3.63) is 35.9 Å². The molecule has 0 radical (unpaired) electrons. The highest BCUT2D eigenvalue weighted by atomic mass is 16.2. The number of benzene rings is 1. The lowest BCUT2D eigenvalue weighted by molar-refractivity contribution is -0.124. The number of hydrogen-bond acceptors (Lipinski definition) is 3. The van der Waals surface area contributed by atoms with Crippen molar-refractivity contribution in [3.63, 3.8) is 0 Å². The van der Waals surface area contributed by atoms with Gasteiger partial charge < -0.3 is 5.32 Å². The minimum Gasteiger partial charge on any atom is -0.354 e. The number of piperazine rings is 1. The number of Topliss-reactive ketones (excluding diaryl/α,β-unsaturated/α-hetero) is 1. The number of amides is 1. The molecule has 1 heterocycles. The average Bonchev–Trinajstić information content (AvgIpc) is 2.38. The van der Waals surface area contributed by atoms with Crippen LogP contribution in [-0.4, -0.2) is 42.3 Å². The first-order chi connectivity index (χ1) is 8.18. The molecule has 0 aliphatic carbocycles. The molecule has 2 rings (SSSR count). The van der Waals surface area contributed by atoms with Crippen LogP contribution >= 0.6 is 0 Å². The lowest BCUT2D eigenvalue weighted by atomic mass is 10.0. The summed E-state index contributed by atoms with van der Waals surface area (Å²) < 4.78 is 0. The van der Waals surface area contributed by atoms with Crippen molar-refractivity contribution in [1.29, 1.82) is 0 Å². The van der Waals surface area contributed by atoms with Gasteiger partial charge >= 0.3 is 0 Å². The topological polar surface area (TPSA) is 49.4 Å². The zero-order valence-corrected chi connectivity index (χ0v) is 9.85. The Morgan fingerprint density at radius 1 is 1.35 bits per heavy atom. The Morgan fingerprint density at radius 2 is 2.06 bits per heavy atom. The predicted molar refractivity (Wildman–Crippen MR) is 64.8 cm³/mol. The highest BCUT2D eigenvalue weighted by Crippen LogP contribution is 2.09. The van der Waals surface area contributed by atoms with E-state index in [1.807, 2.05) is 42.2 Å². The Kier molecular flexibility index (Phi) is 3.54. The molecule has 90 valence electrons. The highest BCUT2D eigenvalue weighted by Gasteiger charge is 2.26. The fraction of sp³-hybridized carbons (Fsp3) is 0.385. The average molecular weight is 232 g/mol. The van der Waals surface area contributed by atoms with Crippen molar-refractivity contribution < 1.29 is 9.59 Å². The molecule has 1 aromatic carbocycles. The molecule has 4 heteroatoms. The Balaban J connectivity index is 2.07. The SMILES string of the molecule is CC(C(=O)c1ccccc1)N1CCNC(=O)C1. The maximum Gasteiger partial charge on any atom is 0.234 e. The summed E-state index contributed by atoms with van der Waals surface area (Å²) in [7, 11) is 0. The second kappa shape index (κ2) is 5.10. The summed E-state index contributed by atoms with van der Waals surface area (Å²) in [6.45, 7) is 3.50. The second-order valence-corrected chi connectivity index (χ2v) is 4.23. The second-order valence-electron chi connectivity index (χ2n) is 4.23. The molecule has 1 aromatic rings. The van der Waals surface area contributed by atoms with Crippen molar-refractivity contribution in [2.24, 2.45) is 0 Å². The summed E-state index contributed by atoms with van der Waals surface area (Å²) in [6.07, 6.45) is 0. The molecule has 1 atom stereocenters. The normalized spacial score (nSPS) is 18.5. The van der Waals surface area contributed by atoms with Crippen molar-refractivity contribution in [3.8, 4) is 0 Å². The third-order valence-corrected chi connectivity index (χ3v) is 3.05. The van der Waals surface area contributed by atoms with Crippen LogP contribution in [0.4, 0.5) is 0 Å². The van der Waals surface area contributed by atoms with Gasteiger partial charge in [0.05, 0.1) is 12.6 Å². The maximum absolute atomic E-state index is 12.2. The molecule has 0 aromatic heterocycles. The summed E-state index contributed by atoms with van der Waals surface area (Å²) in [5, 5.41) is 2.75. The van der Waals surface area contributed by atoms with E-state index in [2.05, 4.69) is 5.32 Å². The zero-order chi connectivity index (χ0) is 12.3. The molecule has 1 N–H and O–H groups in total. The first-order valence-corrected chi connectivity index (χ1v) is 5.78. The van der Waals surface area contributed by atoms with Gasteiger partial charge in [-0.1, -0.05) is 30.3 Å². The van der Waals surface area contributed by atoms with Crippen LogP contribution in [0.3, 0.4) is 0 Å².